The first kappa shape index (κ1) is 12.2. The van der Waals surface area contributed by atoms with Crippen molar-refractivity contribution >= 4 is 0 Å². The third kappa shape index (κ3) is 4.04. The topological polar surface area (TPSA) is 27.1 Å². The van der Waals surface area contributed by atoms with Gasteiger partial charge in [0.05, 0.1) is 18.4 Å². The third-order valence-electron chi connectivity index (χ3n) is 2.43. The van der Waals surface area contributed by atoms with Crippen molar-refractivity contribution in [1.29, 1.82) is 0 Å². The van der Waals surface area contributed by atoms with Crippen molar-refractivity contribution in [3.63, 3.8) is 0 Å². The molecule has 3 nitrogen and oxygen atoms in total. The fourth-order valence-electron chi connectivity index (χ4n) is 1.34. The molecule has 0 N–H and O–H groups in total. The number of ether oxygens (including phenoxy) is 1. The lowest BCUT2D eigenvalue weighted by atomic mass is 10.2. The van der Waals surface area contributed by atoms with Gasteiger partial charge < -0.3 is 4.74 Å². The predicted octanol–water partition coefficient (Wildman–Crippen LogP) is 2.85. The summed E-state index contributed by atoms with van der Waals surface area (Å²) in [7, 11) is 0. The van der Waals surface area contributed by atoms with Crippen LogP contribution in [0.2, 0.25) is 0 Å². The van der Waals surface area contributed by atoms with E-state index in [0.717, 1.165) is 13.0 Å². The minimum Gasteiger partial charge on any atom is -0.372 e. The summed E-state index contributed by atoms with van der Waals surface area (Å²) in [4.78, 5) is 0. The molecule has 0 aromatic carbocycles. The smallest absolute Gasteiger partial charge is 0.0888 e. The molecular formula is C12H22N2O. The van der Waals surface area contributed by atoms with Crippen molar-refractivity contribution in [3.8, 4) is 0 Å². The number of hydrogen-bond donors (Lipinski definition) is 0. The Bertz CT molecular complexity index is 281. The molecule has 1 aromatic rings. The van der Waals surface area contributed by atoms with E-state index in [1.165, 1.54) is 5.69 Å². The van der Waals surface area contributed by atoms with E-state index in [-0.39, 0.29) is 0 Å². The van der Waals surface area contributed by atoms with Crippen LogP contribution in [0.15, 0.2) is 12.3 Å². The van der Waals surface area contributed by atoms with Gasteiger partial charge in [0.15, 0.2) is 0 Å². The van der Waals surface area contributed by atoms with Gasteiger partial charge >= 0.3 is 0 Å². The molecule has 0 aliphatic carbocycles. The highest BCUT2D eigenvalue weighted by atomic mass is 16.5. The summed E-state index contributed by atoms with van der Waals surface area (Å²) in [6.07, 6.45) is 3.23. The van der Waals surface area contributed by atoms with E-state index in [2.05, 4.69) is 32.8 Å². The van der Waals surface area contributed by atoms with Crippen molar-refractivity contribution in [3.05, 3.63) is 18.0 Å². The molecule has 0 fully saturated rings. The minimum atomic E-state index is 0.326. The van der Waals surface area contributed by atoms with Gasteiger partial charge in [-0.25, -0.2) is 0 Å². The lowest BCUT2D eigenvalue weighted by molar-refractivity contribution is 0.0463. The maximum absolute atomic E-state index is 5.70. The van der Waals surface area contributed by atoms with Gasteiger partial charge in [-0.15, -0.1) is 0 Å². The van der Waals surface area contributed by atoms with Gasteiger partial charge in [-0.2, -0.15) is 5.10 Å². The monoisotopic (exact) mass is 210 g/mol. The van der Waals surface area contributed by atoms with Gasteiger partial charge in [-0.05, 0) is 25.3 Å². The van der Waals surface area contributed by atoms with E-state index in [0.29, 0.717) is 18.6 Å². The molecule has 1 rings (SSSR count). The zero-order valence-corrected chi connectivity index (χ0v) is 10.2. The van der Waals surface area contributed by atoms with E-state index in [9.17, 15) is 0 Å². The molecule has 0 radical (unpaired) electrons. The maximum atomic E-state index is 5.70. The molecule has 0 bridgehead atoms. The molecule has 0 aliphatic heterocycles. The van der Waals surface area contributed by atoms with E-state index >= 15 is 0 Å². The second kappa shape index (κ2) is 5.91. The average Bonchev–Trinajstić information content (AvgIpc) is 2.61. The van der Waals surface area contributed by atoms with Crippen LogP contribution < -0.4 is 0 Å². The second-order valence-electron chi connectivity index (χ2n) is 4.43. The summed E-state index contributed by atoms with van der Waals surface area (Å²) < 4.78 is 7.73. The van der Waals surface area contributed by atoms with Crippen molar-refractivity contribution < 1.29 is 4.74 Å². The van der Waals surface area contributed by atoms with E-state index in [1.54, 1.807) is 0 Å². The number of hydrogen-bond acceptors (Lipinski definition) is 2. The molecule has 3 heteroatoms. The average molecular weight is 210 g/mol. The van der Waals surface area contributed by atoms with Gasteiger partial charge in [0, 0.05) is 12.7 Å². The van der Waals surface area contributed by atoms with Crippen molar-refractivity contribution in [1.82, 2.24) is 9.78 Å². The van der Waals surface area contributed by atoms with Crippen LogP contribution in [0, 0.1) is 5.92 Å². The van der Waals surface area contributed by atoms with Crippen LogP contribution in [0.3, 0.4) is 0 Å². The largest absolute Gasteiger partial charge is 0.372 e. The van der Waals surface area contributed by atoms with Crippen molar-refractivity contribution in [2.24, 2.45) is 5.92 Å². The molecule has 0 saturated heterocycles. The fraction of sp³-hybridized carbons (Fsp3) is 0.750. The lowest BCUT2D eigenvalue weighted by Gasteiger charge is -2.13. The Hall–Kier alpha value is -0.830. The van der Waals surface area contributed by atoms with Gasteiger partial charge in [0.25, 0.3) is 0 Å². The molecular weight excluding hydrogens is 188 g/mol. The van der Waals surface area contributed by atoms with E-state index in [1.807, 2.05) is 16.9 Å². The summed E-state index contributed by atoms with van der Waals surface area (Å²) >= 11 is 0. The molecule has 1 aromatic heterocycles. The Morgan fingerprint density at radius 3 is 2.73 bits per heavy atom. The van der Waals surface area contributed by atoms with Crippen LogP contribution in [0.1, 0.15) is 39.8 Å². The zero-order chi connectivity index (χ0) is 11.3. The Kier molecular flexibility index (Phi) is 4.82. The van der Waals surface area contributed by atoms with Gasteiger partial charge in [-0.3, -0.25) is 4.68 Å². The normalized spacial score (nSPS) is 13.4. The highest BCUT2D eigenvalue weighted by Crippen LogP contribution is 2.07. The Balaban J connectivity index is 2.49. The number of nitrogens with zero attached hydrogens (tertiary/aromatic N) is 2. The molecule has 0 amide bonds. The summed E-state index contributed by atoms with van der Waals surface area (Å²) in [5, 5.41) is 4.30. The molecule has 0 spiro atoms. The van der Waals surface area contributed by atoms with Crippen LogP contribution in [-0.2, 0) is 17.9 Å². The summed E-state index contributed by atoms with van der Waals surface area (Å²) in [5.41, 5.74) is 1.17. The quantitative estimate of drug-likeness (QED) is 0.722. The van der Waals surface area contributed by atoms with Gasteiger partial charge in [-0.1, -0.05) is 20.8 Å². The molecule has 0 unspecified atom stereocenters. The highest BCUT2D eigenvalue weighted by molar-refractivity contribution is 4.98. The first-order chi connectivity index (χ1) is 7.13. The van der Waals surface area contributed by atoms with Crippen molar-refractivity contribution in [2.75, 3.05) is 0 Å². The van der Waals surface area contributed by atoms with E-state index in [4.69, 9.17) is 4.74 Å². The number of rotatable bonds is 6. The SMILES string of the molecule is CC[C@H](C)OCc1ccnn1CC(C)C. The van der Waals surface area contributed by atoms with Gasteiger partial charge in [0.2, 0.25) is 0 Å². The Morgan fingerprint density at radius 2 is 2.13 bits per heavy atom. The Labute approximate surface area is 92.4 Å². The molecule has 1 heterocycles. The summed E-state index contributed by atoms with van der Waals surface area (Å²) in [6.45, 7) is 10.3. The third-order valence-corrected chi connectivity index (χ3v) is 2.43. The van der Waals surface area contributed by atoms with Gasteiger partial charge in [0.1, 0.15) is 0 Å². The highest BCUT2D eigenvalue weighted by Gasteiger charge is 2.06. The van der Waals surface area contributed by atoms with Crippen LogP contribution in [0.5, 0.6) is 0 Å². The maximum Gasteiger partial charge on any atom is 0.0888 e. The molecule has 15 heavy (non-hydrogen) atoms. The van der Waals surface area contributed by atoms with Crippen LogP contribution in [0.4, 0.5) is 0 Å². The van der Waals surface area contributed by atoms with Crippen LogP contribution in [0.25, 0.3) is 0 Å². The standard InChI is InChI=1S/C12H22N2O/c1-5-11(4)15-9-12-6-7-13-14(12)8-10(2)3/h6-7,10-11H,5,8-9H2,1-4H3/t11-/m0/s1. The molecule has 0 saturated carbocycles. The first-order valence-corrected chi connectivity index (χ1v) is 5.75. The fourth-order valence-corrected chi connectivity index (χ4v) is 1.34. The molecule has 0 aliphatic rings. The predicted molar refractivity (Wildman–Crippen MR) is 61.6 cm³/mol. The summed E-state index contributed by atoms with van der Waals surface area (Å²) in [5.74, 6) is 0.618. The lowest BCUT2D eigenvalue weighted by Crippen LogP contribution is -2.13. The van der Waals surface area contributed by atoms with Crippen molar-refractivity contribution in [2.45, 2.75) is 53.4 Å². The zero-order valence-electron chi connectivity index (χ0n) is 10.2. The van der Waals surface area contributed by atoms with Crippen LogP contribution >= 0.6 is 0 Å². The second-order valence-corrected chi connectivity index (χ2v) is 4.43. The summed E-state index contributed by atoms with van der Waals surface area (Å²) in [6, 6.07) is 2.03. The Morgan fingerprint density at radius 1 is 1.40 bits per heavy atom. The molecule has 1 atom stereocenters. The van der Waals surface area contributed by atoms with Crippen LogP contribution in [-0.4, -0.2) is 15.9 Å². The minimum absolute atomic E-state index is 0.326. The number of aromatic nitrogens is 2. The van der Waals surface area contributed by atoms with E-state index < -0.39 is 0 Å². The first-order valence-electron chi connectivity index (χ1n) is 5.75. The molecule has 86 valence electrons.